The van der Waals surface area contributed by atoms with E-state index in [0.717, 1.165) is 37.6 Å². The lowest BCUT2D eigenvalue weighted by Crippen LogP contribution is -2.40. The van der Waals surface area contributed by atoms with Gasteiger partial charge in [-0.15, -0.1) is 0 Å². The van der Waals surface area contributed by atoms with Gasteiger partial charge in [0.05, 0.1) is 13.2 Å². The number of hydrogen-bond acceptors (Lipinski definition) is 2. The van der Waals surface area contributed by atoms with Crippen LogP contribution in [-0.2, 0) is 0 Å². The van der Waals surface area contributed by atoms with Crippen molar-refractivity contribution in [1.29, 1.82) is 0 Å². The van der Waals surface area contributed by atoms with Gasteiger partial charge >= 0.3 is 0 Å². The largest absolute Gasteiger partial charge is 0.497 e. The van der Waals surface area contributed by atoms with E-state index < -0.39 is 0 Å². The van der Waals surface area contributed by atoms with Crippen LogP contribution in [0.5, 0.6) is 5.75 Å². The SMILES string of the molecule is COc1cccc(C2CC(N=C(N)N3CCCCCC3)C2)c1. The molecule has 0 radical (unpaired) electrons. The third kappa shape index (κ3) is 3.54. The molecule has 3 rings (SSSR count). The number of hydrogen-bond donors (Lipinski definition) is 1. The van der Waals surface area contributed by atoms with Gasteiger partial charge in [-0.25, -0.2) is 4.99 Å². The average molecular weight is 301 g/mol. The minimum Gasteiger partial charge on any atom is -0.497 e. The molecule has 0 atom stereocenters. The summed E-state index contributed by atoms with van der Waals surface area (Å²) in [6.45, 7) is 2.14. The summed E-state index contributed by atoms with van der Waals surface area (Å²) in [7, 11) is 1.72. The highest BCUT2D eigenvalue weighted by molar-refractivity contribution is 5.78. The van der Waals surface area contributed by atoms with E-state index >= 15 is 0 Å². The number of methoxy groups -OCH3 is 1. The molecule has 0 unspecified atom stereocenters. The molecule has 120 valence electrons. The monoisotopic (exact) mass is 301 g/mol. The van der Waals surface area contributed by atoms with Gasteiger partial charge in [0.25, 0.3) is 0 Å². The Morgan fingerprint density at radius 3 is 2.59 bits per heavy atom. The maximum atomic E-state index is 6.21. The van der Waals surface area contributed by atoms with Crippen molar-refractivity contribution in [1.82, 2.24) is 4.90 Å². The molecule has 0 spiro atoms. The maximum absolute atomic E-state index is 6.21. The molecule has 1 aromatic carbocycles. The quantitative estimate of drug-likeness (QED) is 0.689. The zero-order valence-corrected chi connectivity index (χ0v) is 13.5. The fraction of sp³-hybridized carbons (Fsp3) is 0.611. The molecular formula is C18H27N3O. The second-order valence-electron chi connectivity index (χ2n) is 6.49. The number of rotatable bonds is 3. The molecule has 1 saturated carbocycles. The van der Waals surface area contributed by atoms with E-state index in [1.807, 2.05) is 6.07 Å². The van der Waals surface area contributed by atoms with Crippen molar-refractivity contribution in [3.63, 3.8) is 0 Å². The molecule has 2 N–H and O–H groups in total. The third-order valence-corrected chi connectivity index (χ3v) is 4.92. The van der Waals surface area contributed by atoms with Gasteiger partial charge in [-0.05, 0) is 49.3 Å². The predicted octanol–water partition coefficient (Wildman–Crippen LogP) is 3.13. The summed E-state index contributed by atoms with van der Waals surface area (Å²) in [5, 5.41) is 0. The maximum Gasteiger partial charge on any atom is 0.191 e. The van der Waals surface area contributed by atoms with Crippen molar-refractivity contribution >= 4 is 5.96 Å². The second kappa shape index (κ2) is 7.03. The number of guanidine groups is 1. The Labute approximate surface area is 133 Å². The zero-order valence-electron chi connectivity index (χ0n) is 13.5. The summed E-state index contributed by atoms with van der Waals surface area (Å²) in [5.41, 5.74) is 7.57. The molecule has 0 amide bonds. The Bertz CT molecular complexity index is 515. The summed E-state index contributed by atoms with van der Waals surface area (Å²) in [6, 6.07) is 8.78. The third-order valence-electron chi connectivity index (χ3n) is 4.92. The number of nitrogens with two attached hydrogens (primary N) is 1. The van der Waals surface area contributed by atoms with Crippen LogP contribution < -0.4 is 10.5 Å². The first-order chi connectivity index (χ1) is 10.8. The van der Waals surface area contributed by atoms with Crippen LogP contribution in [0.4, 0.5) is 0 Å². The number of ether oxygens (including phenoxy) is 1. The van der Waals surface area contributed by atoms with E-state index in [1.54, 1.807) is 7.11 Å². The van der Waals surface area contributed by atoms with Gasteiger partial charge in [-0.3, -0.25) is 0 Å². The lowest BCUT2D eigenvalue weighted by atomic mass is 9.76. The molecule has 1 saturated heterocycles. The summed E-state index contributed by atoms with van der Waals surface area (Å²) < 4.78 is 5.30. The first-order valence-electron chi connectivity index (χ1n) is 8.48. The molecule has 4 nitrogen and oxygen atoms in total. The van der Waals surface area contributed by atoms with Crippen LogP contribution in [0.3, 0.4) is 0 Å². The Balaban J connectivity index is 1.54. The number of aliphatic imine (C=N–C) groups is 1. The lowest BCUT2D eigenvalue weighted by molar-refractivity contribution is 0.342. The molecule has 1 aliphatic heterocycles. The normalized spacial score (nSPS) is 26.2. The van der Waals surface area contributed by atoms with Crippen molar-refractivity contribution in [3.05, 3.63) is 29.8 Å². The number of likely N-dealkylation sites (tertiary alicyclic amines) is 1. The molecule has 0 bridgehead atoms. The zero-order chi connectivity index (χ0) is 15.4. The van der Waals surface area contributed by atoms with Crippen molar-refractivity contribution in [2.75, 3.05) is 20.2 Å². The van der Waals surface area contributed by atoms with Crippen molar-refractivity contribution in [3.8, 4) is 5.75 Å². The van der Waals surface area contributed by atoms with Crippen LogP contribution in [0.15, 0.2) is 29.3 Å². The van der Waals surface area contributed by atoms with Crippen molar-refractivity contribution in [2.24, 2.45) is 10.7 Å². The highest BCUT2D eigenvalue weighted by Gasteiger charge is 2.30. The fourth-order valence-corrected chi connectivity index (χ4v) is 3.43. The average Bonchev–Trinajstić information content (AvgIpc) is 2.79. The van der Waals surface area contributed by atoms with Crippen molar-refractivity contribution < 1.29 is 4.74 Å². The van der Waals surface area contributed by atoms with E-state index in [1.165, 1.54) is 31.2 Å². The Hall–Kier alpha value is -1.71. The smallest absolute Gasteiger partial charge is 0.191 e. The number of nitrogens with zero attached hydrogens (tertiary/aromatic N) is 2. The fourth-order valence-electron chi connectivity index (χ4n) is 3.43. The molecule has 2 aliphatic rings. The van der Waals surface area contributed by atoms with Crippen LogP contribution in [0.1, 0.15) is 50.0 Å². The summed E-state index contributed by atoms with van der Waals surface area (Å²) in [4.78, 5) is 7.02. The van der Waals surface area contributed by atoms with Crippen LogP contribution in [0.25, 0.3) is 0 Å². The first kappa shape index (κ1) is 15.2. The van der Waals surface area contributed by atoms with E-state index in [0.29, 0.717) is 12.0 Å². The van der Waals surface area contributed by atoms with Gasteiger partial charge in [0, 0.05) is 13.1 Å². The minimum atomic E-state index is 0.388. The lowest BCUT2D eigenvalue weighted by Gasteiger charge is -2.34. The molecule has 4 heteroatoms. The van der Waals surface area contributed by atoms with Gasteiger partial charge in [-0.1, -0.05) is 25.0 Å². The highest BCUT2D eigenvalue weighted by atomic mass is 16.5. The van der Waals surface area contributed by atoms with Gasteiger partial charge in [0.1, 0.15) is 5.75 Å². The summed E-state index contributed by atoms with van der Waals surface area (Å²) >= 11 is 0. The Morgan fingerprint density at radius 2 is 1.91 bits per heavy atom. The molecule has 1 aliphatic carbocycles. The molecule has 1 heterocycles. The molecule has 1 aromatic rings. The highest BCUT2D eigenvalue weighted by Crippen LogP contribution is 2.39. The van der Waals surface area contributed by atoms with Gasteiger partial charge in [-0.2, -0.15) is 0 Å². The van der Waals surface area contributed by atoms with E-state index in [4.69, 9.17) is 15.5 Å². The van der Waals surface area contributed by atoms with Crippen LogP contribution in [0, 0.1) is 0 Å². The van der Waals surface area contributed by atoms with E-state index in [2.05, 4.69) is 23.1 Å². The first-order valence-corrected chi connectivity index (χ1v) is 8.48. The van der Waals surface area contributed by atoms with Crippen LogP contribution in [-0.4, -0.2) is 37.1 Å². The van der Waals surface area contributed by atoms with Crippen LogP contribution in [0.2, 0.25) is 0 Å². The summed E-state index contributed by atoms with van der Waals surface area (Å²) in [6.07, 6.45) is 7.33. The van der Waals surface area contributed by atoms with E-state index in [9.17, 15) is 0 Å². The Kier molecular flexibility index (Phi) is 4.86. The topological polar surface area (TPSA) is 50.9 Å². The van der Waals surface area contributed by atoms with Gasteiger partial charge in [0.15, 0.2) is 5.96 Å². The standard InChI is InChI=1S/C18H27N3O/c1-22-17-8-6-7-14(13-17)15-11-16(12-15)20-18(19)21-9-4-2-3-5-10-21/h6-8,13,15-16H,2-5,9-12H2,1H3,(H2,19,20). The van der Waals surface area contributed by atoms with Crippen LogP contribution >= 0.6 is 0 Å². The van der Waals surface area contributed by atoms with Gasteiger partial charge < -0.3 is 15.4 Å². The predicted molar refractivity (Wildman–Crippen MR) is 90.4 cm³/mol. The molecule has 0 aromatic heterocycles. The second-order valence-corrected chi connectivity index (χ2v) is 6.49. The molecule has 2 fully saturated rings. The minimum absolute atomic E-state index is 0.388. The molecule has 22 heavy (non-hydrogen) atoms. The van der Waals surface area contributed by atoms with Gasteiger partial charge in [0.2, 0.25) is 0 Å². The van der Waals surface area contributed by atoms with Crippen molar-refractivity contribution in [2.45, 2.75) is 50.5 Å². The van der Waals surface area contributed by atoms with E-state index in [-0.39, 0.29) is 0 Å². The number of benzene rings is 1. The molecular weight excluding hydrogens is 274 g/mol. The summed E-state index contributed by atoms with van der Waals surface area (Å²) in [5.74, 6) is 2.30. The Morgan fingerprint density at radius 1 is 1.18 bits per heavy atom.